The standard InChI is InChI=1S/C22H25NO3/c1-21(2,3)26-20(25)23-18-13-9-8-12-17(18)22(4,19(23)24)15-14-16-10-6-5-7-11-16/h5-13H,14-15H2,1-4H3. The van der Waals surface area contributed by atoms with E-state index in [1.54, 1.807) is 20.8 Å². The van der Waals surface area contributed by atoms with Crippen LogP contribution < -0.4 is 4.90 Å². The van der Waals surface area contributed by atoms with Crippen molar-refractivity contribution in [2.24, 2.45) is 0 Å². The molecule has 1 heterocycles. The van der Waals surface area contributed by atoms with Gasteiger partial charge in [0.2, 0.25) is 5.91 Å². The molecule has 0 aliphatic carbocycles. The third-order valence-electron chi connectivity index (χ3n) is 4.75. The Labute approximate surface area is 154 Å². The predicted molar refractivity (Wildman–Crippen MR) is 102 cm³/mol. The molecule has 0 fully saturated rings. The van der Waals surface area contributed by atoms with Crippen LogP contribution in [0.4, 0.5) is 10.5 Å². The lowest BCUT2D eigenvalue weighted by Crippen LogP contribution is -2.44. The van der Waals surface area contributed by atoms with Crippen LogP contribution in [0.3, 0.4) is 0 Å². The number of rotatable bonds is 3. The normalized spacial score (nSPS) is 19.4. The molecule has 3 rings (SSSR count). The Morgan fingerprint density at radius 1 is 1.04 bits per heavy atom. The summed E-state index contributed by atoms with van der Waals surface area (Å²) >= 11 is 0. The van der Waals surface area contributed by atoms with Crippen molar-refractivity contribution in [2.45, 2.75) is 51.6 Å². The maximum Gasteiger partial charge on any atom is 0.421 e. The molecule has 1 aliphatic heterocycles. The van der Waals surface area contributed by atoms with Crippen LogP contribution in [0.15, 0.2) is 54.6 Å². The van der Waals surface area contributed by atoms with Gasteiger partial charge in [0, 0.05) is 0 Å². The molecule has 1 unspecified atom stereocenters. The number of benzene rings is 2. The largest absolute Gasteiger partial charge is 0.443 e. The van der Waals surface area contributed by atoms with Gasteiger partial charge in [-0.1, -0.05) is 48.5 Å². The SMILES string of the molecule is CC(C)(C)OC(=O)N1C(=O)C(C)(CCc2ccccc2)c2ccccc21. The molecule has 4 heteroatoms. The van der Waals surface area contributed by atoms with E-state index < -0.39 is 17.1 Å². The van der Waals surface area contributed by atoms with Gasteiger partial charge in [0.25, 0.3) is 0 Å². The van der Waals surface area contributed by atoms with E-state index in [1.165, 1.54) is 10.5 Å². The summed E-state index contributed by atoms with van der Waals surface area (Å²) in [7, 11) is 0. The summed E-state index contributed by atoms with van der Waals surface area (Å²) < 4.78 is 5.47. The monoisotopic (exact) mass is 351 g/mol. The number of para-hydroxylation sites is 1. The summed E-state index contributed by atoms with van der Waals surface area (Å²) in [5, 5.41) is 0. The molecule has 0 aromatic heterocycles. The molecule has 0 bridgehead atoms. The summed E-state index contributed by atoms with van der Waals surface area (Å²) in [6, 6.07) is 17.6. The zero-order chi connectivity index (χ0) is 18.9. The van der Waals surface area contributed by atoms with Crippen LogP contribution in [0.25, 0.3) is 0 Å². The molecule has 1 atom stereocenters. The molecule has 26 heavy (non-hydrogen) atoms. The maximum absolute atomic E-state index is 13.3. The van der Waals surface area contributed by atoms with Crippen LogP contribution in [-0.2, 0) is 21.4 Å². The van der Waals surface area contributed by atoms with Crippen LogP contribution in [0, 0.1) is 0 Å². The molecular formula is C22H25NO3. The Morgan fingerprint density at radius 3 is 2.31 bits per heavy atom. The first-order valence-corrected chi connectivity index (χ1v) is 8.93. The minimum Gasteiger partial charge on any atom is -0.443 e. The quantitative estimate of drug-likeness (QED) is 0.793. The lowest BCUT2D eigenvalue weighted by molar-refractivity contribution is -0.122. The lowest BCUT2D eigenvalue weighted by atomic mass is 9.79. The van der Waals surface area contributed by atoms with Crippen LogP contribution >= 0.6 is 0 Å². The van der Waals surface area contributed by atoms with Gasteiger partial charge in [0.15, 0.2) is 0 Å². The molecule has 1 aliphatic rings. The molecule has 2 aromatic rings. The second kappa shape index (κ2) is 6.60. The highest BCUT2D eigenvalue weighted by Gasteiger charge is 2.50. The topological polar surface area (TPSA) is 46.6 Å². The minimum atomic E-state index is -0.747. The van der Waals surface area contributed by atoms with Crippen molar-refractivity contribution in [1.82, 2.24) is 0 Å². The van der Waals surface area contributed by atoms with Gasteiger partial charge in [-0.2, -0.15) is 0 Å². The molecule has 0 saturated carbocycles. The van der Waals surface area contributed by atoms with Gasteiger partial charge in [0.05, 0.1) is 11.1 Å². The Hall–Kier alpha value is -2.62. The highest BCUT2D eigenvalue weighted by Crippen LogP contribution is 2.44. The van der Waals surface area contributed by atoms with E-state index in [0.717, 1.165) is 12.0 Å². The highest BCUT2D eigenvalue weighted by atomic mass is 16.6. The number of amides is 2. The van der Waals surface area contributed by atoms with Gasteiger partial charge >= 0.3 is 6.09 Å². The average Bonchev–Trinajstić information content (AvgIpc) is 2.81. The Kier molecular flexibility index (Phi) is 4.61. The van der Waals surface area contributed by atoms with Gasteiger partial charge in [-0.15, -0.1) is 0 Å². The van der Waals surface area contributed by atoms with Gasteiger partial charge < -0.3 is 4.74 Å². The summed E-state index contributed by atoms with van der Waals surface area (Å²) in [5.41, 5.74) is 1.28. The summed E-state index contributed by atoms with van der Waals surface area (Å²) in [4.78, 5) is 27.1. The number of aryl methyl sites for hydroxylation is 1. The summed E-state index contributed by atoms with van der Waals surface area (Å²) in [6.07, 6.45) is 0.782. The second-order valence-corrected chi connectivity index (χ2v) is 7.96. The van der Waals surface area contributed by atoms with Crippen molar-refractivity contribution in [3.05, 3.63) is 65.7 Å². The van der Waals surface area contributed by atoms with E-state index in [0.29, 0.717) is 12.1 Å². The Morgan fingerprint density at radius 2 is 1.65 bits per heavy atom. The second-order valence-electron chi connectivity index (χ2n) is 7.96. The van der Waals surface area contributed by atoms with Crippen molar-refractivity contribution in [2.75, 3.05) is 4.90 Å². The number of ether oxygens (including phenoxy) is 1. The molecule has 0 N–H and O–H groups in total. The zero-order valence-corrected chi connectivity index (χ0v) is 15.8. The number of fused-ring (bicyclic) bond motifs is 1. The van der Waals surface area contributed by atoms with E-state index >= 15 is 0 Å². The fraction of sp³-hybridized carbons (Fsp3) is 0.364. The predicted octanol–water partition coefficient (Wildman–Crippen LogP) is 4.86. The van der Waals surface area contributed by atoms with Crippen LogP contribution in [0.2, 0.25) is 0 Å². The van der Waals surface area contributed by atoms with Crippen molar-refractivity contribution in [1.29, 1.82) is 0 Å². The van der Waals surface area contributed by atoms with E-state index in [9.17, 15) is 9.59 Å². The molecule has 4 nitrogen and oxygen atoms in total. The molecular weight excluding hydrogens is 326 g/mol. The molecule has 0 saturated heterocycles. The van der Waals surface area contributed by atoms with Crippen molar-refractivity contribution in [3.8, 4) is 0 Å². The number of hydrogen-bond donors (Lipinski definition) is 0. The number of carbonyl (C=O) groups excluding carboxylic acids is 2. The number of anilines is 1. The summed E-state index contributed by atoms with van der Waals surface area (Å²) in [5.74, 6) is -0.219. The highest BCUT2D eigenvalue weighted by molar-refractivity contribution is 6.21. The maximum atomic E-state index is 13.3. The number of hydrogen-bond acceptors (Lipinski definition) is 3. The molecule has 136 valence electrons. The third-order valence-corrected chi connectivity index (χ3v) is 4.75. The molecule has 0 spiro atoms. The number of imide groups is 1. The minimum absolute atomic E-state index is 0.219. The third kappa shape index (κ3) is 3.36. The van der Waals surface area contributed by atoms with E-state index in [1.807, 2.05) is 49.4 Å². The molecule has 2 amide bonds. The first-order valence-electron chi connectivity index (χ1n) is 8.93. The number of carbonyl (C=O) groups is 2. The summed E-state index contributed by atoms with van der Waals surface area (Å²) in [6.45, 7) is 7.31. The molecule has 0 radical (unpaired) electrons. The van der Waals surface area contributed by atoms with Crippen LogP contribution in [0.5, 0.6) is 0 Å². The Balaban J connectivity index is 1.92. The van der Waals surface area contributed by atoms with Crippen molar-refractivity contribution < 1.29 is 14.3 Å². The fourth-order valence-electron chi connectivity index (χ4n) is 3.38. The van der Waals surface area contributed by atoms with Crippen LogP contribution in [0.1, 0.15) is 45.2 Å². The molecule has 2 aromatic carbocycles. The van der Waals surface area contributed by atoms with E-state index in [-0.39, 0.29) is 5.91 Å². The number of nitrogens with zero attached hydrogens (tertiary/aromatic N) is 1. The fourth-order valence-corrected chi connectivity index (χ4v) is 3.38. The van der Waals surface area contributed by atoms with Gasteiger partial charge in [0.1, 0.15) is 5.60 Å². The zero-order valence-electron chi connectivity index (χ0n) is 15.8. The average molecular weight is 351 g/mol. The van der Waals surface area contributed by atoms with Gasteiger partial charge in [-0.25, -0.2) is 9.69 Å². The van der Waals surface area contributed by atoms with E-state index in [2.05, 4.69) is 12.1 Å². The first kappa shape index (κ1) is 18.2. The lowest BCUT2D eigenvalue weighted by Gasteiger charge is -2.26. The van der Waals surface area contributed by atoms with Gasteiger partial charge in [-0.05, 0) is 57.7 Å². The van der Waals surface area contributed by atoms with Crippen molar-refractivity contribution in [3.63, 3.8) is 0 Å². The van der Waals surface area contributed by atoms with Crippen LogP contribution in [-0.4, -0.2) is 17.6 Å². The van der Waals surface area contributed by atoms with Crippen molar-refractivity contribution >= 4 is 17.7 Å². The smallest absolute Gasteiger partial charge is 0.421 e. The van der Waals surface area contributed by atoms with Gasteiger partial charge in [-0.3, -0.25) is 4.79 Å². The first-order chi connectivity index (χ1) is 12.2. The Bertz CT molecular complexity index is 823. The van der Waals surface area contributed by atoms with E-state index in [4.69, 9.17) is 4.74 Å².